The van der Waals surface area contributed by atoms with Crippen LogP contribution < -0.4 is 9.62 Å². The van der Waals surface area contributed by atoms with Gasteiger partial charge >= 0.3 is 0 Å². The number of hydrogen-bond acceptors (Lipinski definition) is 5. The normalized spacial score (nSPS) is 20.6. The van der Waals surface area contributed by atoms with Gasteiger partial charge in [0.05, 0.1) is 15.5 Å². The Morgan fingerprint density at radius 2 is 1.88 bits per heavy atom. The van der Waals surface area contributed by atoms with Gasteiger partial charge in [-0.1, -0.05) is 56.0 Å². The number of anilines is 1. The maximum Gasteiger partial charge on any atom is 0.289 e. The van der Waals surface area contributed by atoms with Gasteiger partial charge in [0.15, 0.2) is 0 Å². The number of nitrogens with one attached hydrogen (secondary N) is 1. The molecule has 0 spiro atoms. The number of amides is 1. The van der Waals surface area contributed by atoms with Gasteiger partial charge in [-0.05, 0) is 55.9 Å². The number of nitro groups is 1. The third-order valence-electron chi connectivity index (χ3n) is 6.66. The van der Waals surface area contributed by atoms with Gasteiger partial charge in [-0.2, -0.15) is 0 Å². The van der Waals surface area contributed by atoms with E-state index in [0.29, 0.717) is 17.2 Å². The number of nitro benzene ring substituents is 1. The predicted octanol–water partition coefficient (Wildman–Crippen LogP) is 5.00. The van der Waals surface area contributed by atoms with E-state index in [9.17, 15) is 23.3 Å². The number of aryl methyl sites for hydroxylation is 2. The lowest BCUT2D eigenvalue weighted by atomic mass is 9.78. The van der Waals surface area contributed by atoms with Gasteiger partial charge in [-0.25, -0.2) is 8.42 Å². The second-order valence-corrected chi connectivity index (χ2v) is 11.4. The van der Waals surface area contributed by atoms with E-state index < -0.39 is 33.1 Å². The van der Waals surface area contributed by atoms with Crippen molar-refractivity contribution in [1.82, 2.24) is 5.32 Å². The zero-order chi connectivity index (χ0) is 25.2. The van der Waals surface area contributed by atoms with Crippen LogP contribution in [0, 0.1) is 35.8 Å². The summed E-state index contributed by atoms with van der Waals surface area (Å²) < 4.78 is 28.4. The number of nitrogens with zero attached hydrogens (tertiary/aromatic N) is 2. The summed E-state index contributed by atoms with van der Waals surface area (Å²) in [4.78, 5) is 23.4. The molecule has 1 aliphatic rings. The van der Waals surface area contributed by atoms with E-state index >= 15 is 0 Å². The van der Waals surface area contributed by atoms with E-state index in [1.807, 2.05) is 13.0 Å². The molecule has 0 bridgehead atoms. The highest BCUT2D eigenvalue weighted by Gasteiger charge is 2.33. The minimum Gasteiger partial charge on any atom is -0.352 e. The summed E-state index contributed by atoms with van der Waals surface area (Å²) >= 11 is 5.88. The molecule has 8 nitrogen and oxygen atoms in total. The van der Waals surface area contributed by atoms with E-state index in [2.05, 4.69) is 19.2 Å². The molecular formula is C24H30ClN3O5S. The number of hydrogen-bond donors (Lipinski definition) is 1. The molecule has 0 aliphatic heterocycles. The number of benzene rings is 2. The average molecular weight is 508 g/mol. The summed E-state index contributed by atoms with van der Waals surface area (Å²) in [7, 11) is -4.31. The van der Waals surface area contributed by atoms with Crippen molar-refractivity contribution in [3.05, 3.63) is 62.7 Å². The highest BCUT2D eigenvalue weighted by Crippen LogP contribution is 2.33. The Morgan fingerprint density at radius 1 is 1.18 bits per heavy atom. The van der Waals surface area contributed by atoms with Crippen LogP contribution >= 0.6 is 11.6 Å². The second-order valence-electron chi connectivity index (χ2n) is 9.11. The molecule has 0 radical (unpaired) electrons. The van der Waals surface area contributed by atoms with E-state index in [1.54, 1.807) is 19.1 Å². The molecule has 0 aromatic heterocycles. The van der Waals surface area contributed by atoms with Crippen LogP contribution in [0.5, 0.6) is 0 Å². The molecule has 1 aliphatic carbocycles. The molecule has 1 fully saturated rings. The molecule has 2 aromatic rings. The quantitative estimate of drug-likeness (QED) is 0.419. The van der Waals surface area contributed by atoms with Crippen LogP contribution in [0.4, 0.5) is 11.4 Å². The third-order valence-corrected chi connectivity index (χ3v) is 8.74. The Balaban J connectivity index is 2.00. The Bertz CT molecular complexity index is 1200. The predicted molar refractivity (Wildman–Crippen MR) is 133 cm³/mol. The number of sulfonamides is 1. The lowest BCUT2D eigenvalue weighted by molar-refractivity contribution is -0.384. The maximum atomic E-state index is 13.7. The number of rotatable bonds is 7. The van der Waals surface area contributed by atoms with Gasteiger partial charge in [0.2, 0.25) is 5.91 Å². The molecular weight excluding hydrogens is 478 g/mol. The van der Waals surface area contributed by atoms with E-state index in [-0.39, 0.29) is 21.9 Å². The first-order valence-corrected chi connectivity index (χ1v) is 13.1. The zero-order valence-corrected chi connectivity index (χ0v) is 21.3. The lowest BCUT2D eigenvalue weighted by Gasteiger charge is -2.35. The van der Waals surface area contributed by atoms with Crippen LogP contribution in [0.3, 0.4) is 0 Å². The highest BCUT2D eigenvalue weighted by atomic mass is 35.5. The van der Waals surface area contributed by atoms with Gasteiger partial charge in [0.1, 0.15) is 11.6 Å². The Labute approximate surface area is 205 Å². The summed E-state index contributed by atoms with van der Waals surface area (Å²) in [6, 6.07) is 8.52. The van der Waals surface area contributed by atoms with Crippen molar-refractivity contribution in [2.45, 2.75) is 57.9 Å². The maximum absolute atomic E-state index is 13.7. The van der Waals surface area contributed by atoms with E-state index in [4.69, 9.17) is 11.6 Å². The van der Waals surface area contributed by atoms with Crippen molar-refractivity contribution in [2.75, 3.05) is 10.8 Å². The molecule has 1 N–H and O–H groups in total. The fraction of sp³-hybridized carbons (Fsp3) is 0.458. The molecule has 1 saturated carbocycles. The zero-order valence-electron chi connectivity index (χ0n) is 19.7. The van der Waals surface area contributed by atoms with Crippen molar-refractivity contribution in [1.29, 1.82) is 0 Å². The van der Waals surface area contributed by atoms with Gasteiger partial charge in [-0.15, -0.1) is 0 Å². The largest absolute Gasteiger partial charge is 0.352 e. The lowest BCUT2D eigenvalue weighted by Crippen LogP contribution is -2.48. The summed E-state index contributed by atoms with van der Waals surface area (Å²) in [6.07, 6.45) is 2.95. The van der Waals surface area contributed by atoms with Crippen molar-refractivity contribution >= 4 is 38.9 Å². The fourth-order valence-electron chi connectivity index (χ4n) is 4.47. The minimum atomic E-state index is -4.31. The van der Waals surface area contributed by atoms with Crippen LogP contribution in [-0.4, -0.2) is 31.8 Å². The smallest absolute Gasteiger partial charge is 0.289 e. The SMILES string of the molecule is Cc1ccc(N(CC(=O)N[C@@H]2CCC[C@@H](C)[C@H]2C)S(=O)(=O)c2ccc(Cl)c([N+](=O)[O-])c2)c(C)c1. The number of carbonyl (C=O) groups excluding carboxylic acids is 1. The fourth-order valence-corrected chi connectivity index (χ4v) is 6.17. The Hall–Kier alpha value is -2.65. The highest BCUT2D eigenvalue weighted by molar-refractivity contribution is 7.92. The number of carbonyl (C=O) groups is 1. The molecule has 0 heterocycles. The second kappa shape index (κ2) is 10.3. The molecule has 0 unspecified atom stereocenters. The summed E-state index contributed by atoms with van der Waals surface area (Å²) in [5.41, 5.74) is 1.43. The molecule has 34 heavy (non-hydrogen) atoms. The van der Waals surface area contributed by atoms with Crippen molar-refractivity contribution < 1.29 is 18.1 Å². The van der Waals surface area contributed by atoms with Crippen molar-refractivity contribution in [3.8, 4) is 0 Å². The molecule has 2 aromatic carbocycles. The summed E-state index contributed by atoms with van der Waals surface area (Å²) in [5, 5.41) is 14.2. The van der Waals surface area contributed by atoms with Crippen LogP contribution in [0.2, 0.25) is 5.02 Å². The molecule has 10 heteroatoms. The van der Waals surface area contributed by atoms with Crippen LogP contribution in [0.15, 0.2) is 41.3 Å². The van der Waals surface area contributed by atoms with Crippen LogP contribution in [0.25, 0.3) is 0 Å². The van der Waals surface area contributed by atoms with Crippen molar-refractivity contribution in [3.63, 3.8) is 0 Å². The van der Waals surface area contributed by atoms with Gasteiger partial charge < -0.3 is 5.32 Å². The summed E-state index contributed by atoms with van der Waals surface area (Å²) in [5.74, 6) is 0.327. The van der Waals surface area contributed by atoms with Gasteiger partial charge in [-0.3, -0.25) is 19.2 Å². The molecule has 0 saturated heterocycles. The topological polar surface area (TPSA) is 110 Å². The van der Waals surface area contributed by atoms with Crippen LogP contribution in [-0.2, 0) is 14.8 Å². The first-order chi connectivity index (χ1) is 15.9. The molecule has 184 valence electrons. The van der Waals surface area contributed by atoms with Gasteiger partial charge in [0.25, 0.3) is 15.7 Å². The molecule has 3 rings (SSSR count). The van der Waals surface area contributed by atoms with E-state index in [0.717, 1.165) is 35.2 Å². The molecule has 1 amide bonds. The van der Waals surface area contributed by atoms with Crippen LogP contribution in [0.1, 0.15) is 44.2 Å². The standard InChI is InChI=1S/C24H30ClN3O5S/c1-15-8-11-22(17(3)12-15)27(14-24(29)26-21-7-5-6-16(2)18(21)4)34(32,33)19-9-10-20(25)23(13-19)28(30)31/h8-13,16,18,21H,5-7,14H2,1-4H3,(H,26,29)/t16-,18-,21-/m1/s1. The van der Waals surface area contributed by atoms with Crippen molar-refractivity contribution in [2.24, 2.45) is 11.8 Å². The summed E-state index contributed by atoms with van der Waals surface area (Å²) in [6.45, 7) is 7.46. The first kappa shape index (κ1) is 26.0. The monoisotopic (exact) mass is 507 g/mol. The Morgan fingerprint density at radius 3 is 2.53 bits per heavy atom. The minimum absolute atomic E-state index is 0.0310. The third kappa shape index (κ3) is 5.52. The van der Waals surface area contributed by atoms with Gasteiger partial charge in [0, 0.05) is 12.1 Å². The first-order valence-electron chi connectivity index (χ1n) is 11.2. The molecule has 3 atom stereocenters. The van der Waals surface area contributed by atoms with E-state index in [1.165, 1.54) is 12.1 Å². The number of halogens is 1. The average Bonchev–Trinajstić information content (AvgIpc) is 2.75. The Kier molecular flexibility index (Phi) is 7.88.